The monoisotopic (exact) mass is 282 g/mol. The number of amides is 1. The summed E-state index contributed by atoms with van der Waals surface area (Å²) in [6, 6.07) is 3.70. The molecule has 1 atom stereocenters. The molecule has 1 aliphatic carbocycles. The second kappa shape index (κ2) is 6.31. The van der Waals surface area contributed by atoms with Crippen LogP contribution in [0.25, 0.3) is 0 Å². The third kappa shape index (κ3) is 3.54. The van der Waals surface area contributed by atoms with Crippen molar-refractivity contribution in [3.63, 3.8) is 0 Å². The summed E-state index contributed by atoms with van der Waals surface area (Å²) in [4.78, 5) is 14.1. The van der Waals surface area contributed by atoms with Gasteiger partial charge in [0.25, 0.3) is 0 Å². The molecule has 1 fully saturated rings. The Labute approximate surface area is 118 Å². The largest absolute Gasteiger partial charge is 0.335 e. The fourth-order valence-corrected chi connectivity index (χ4v) is 2.28. The van der Waals surface area contributed by atoms with Gasteiger partial charge in [-0.2, -0.15) is 0 Å². The average molecular weight is 282 g/mol. The van der Waals surface area contributed by atoms with E-state index in [0.29, 0.717) is 12.1 Å². The van der Waals surface area contributed by atoms with Gasteiger partial charge < -0.3 is 10.2 Å². The zero-order valence-electron chi connectivity index (χ0n) is 11.8. The Morgan fingerprint density at radius 3 is 2.70 bits per heavy atom. The third-order valence-electron chi connectivity index (χ3n) is 3.56. The molecule has 5 heteroatoms. The molecular weight excluding hydrogens is 262 g/mol. The van der Waals surface area contributed by atoms with Crippen LogP contribution in [0.4, 0.5) is 8.78 Å². The number of carbonyl (C=O) groups is 1. The number of benzene rings is 1. The number of hydrogen-bond acceptors (Lipinski definition) is 2. The maximum absolute atomic E-state index is 13.7. The fourth-order valence-electron chi connectivity index (χ4n) is 2.28. The first-order valence-corrected chi connectivity index (χ1v) is 6.92. The Balaban J connectivity index is 2.11. The minimum absolute atomic E-state index is 0.0191. The first-order chi connectivity index (χ1) is 9.52. The van der Waals surface area contributed by atoms with Gasteiger partial charge in [0.05, 0.1) is 0 Å². The van der Waals surface area contributed by atoms with E-state index in [9.17, 15) is 13.6 Å². The van der Waals surface area contributed by atoms with Gasteiger partial charge in [0.1, 0.15) is 11.6 Å². The molecule has 20 heavy (non-hydrogen) atoms. The standard InChI is InChI=1S/C15H20F2N2O/c1-10(8-18-2)15(20)19(13-5-6-13)9-11-3-4-12(16)7-14(11)17/h3-4,7,10,13,18H,5-6,8-9H2,1-2H3. The number of carbonyl (C=O) groups excluding carboxylic acids is 1. The minimum Gasteiger partial charge on any atom is -0.335 e. The molecule has 0 bridgehead atoms. The van der Waals surface area contributed by atoms with Crippen LogP contribution in [0, 0.1) is 17.6 Å². The number of nitrogens with one attached hydrogen (secondary N) is 1. The van der Waals surface area contributed by atoms with E-state index in [1.807, 2.05) is 6.92 Å². The molecule has 0 radical (unpaired) electrons. The quantitative estimate of drug-likeness (QED) is 0.868. The topological polar surface area (TPSA) is 32.3 Å². The highest BCUT2D eigenvalue weighted by Gasteiger charge is 2.34. The van der Waals surface area contributed by atoms with E-state index in [1.165, 1.54) is 12.1 Å². The molecular formula is C15H20F2N2O. The fraction of sp³-hybridized carbons (Fsp3) is 0.533. The second-order valence-corrected chi connectivity index (χ2v) is 5.39. The van der Waals surface area contributed by atoms with Crippen molar-refractivity contribution in [1.82, 2.24) is 10.2 Å². The summed E-state index contributed by atoms with van der Waals surface area (Å²) in [6.45, 7) is 2.66. The van der Waals surface area contributed by atoms with Crippen molar-refractivity contribution >= 4 is 5.91 Å². The van der Waals surface area contributed by atoms with Crippen LogP contribution in [0.15, 0.2) is 18.2 Å². The lowest BCUT2D eigenvalue weighted by Gasteiger charge is -2.26. The van der Waals surface area contributed by atoms with E-state index < -0.39 is 11.6 Å². The molecule has 1 aliphatic rings. The summed E-state index contributed by atoms with van der Waals surface area (Å²) in [5, 5.41) is 2.97. The molecule has 0 saturated heterocycles. The highest BCUT2D eigenvalue weighted by atomic mass is 19.1. The minimum atomic E-state index is -0.598. The van der Waals surface area contributed by atoms with Crippen molar-refractivity contribution < 1.29 is 13.6 Å². The summed E-state index contributed by atoms with van der Waals surface area (Å²) in [6.07, 6.45) is 1.92. The van der Waals surface area contributed by atoms with Gasteiger partial charge in [0, 0.05) is 36.7 Å². The zero-order valence-corrected chi connectivity index (χ0v) is 11.8. The maximum Gasteiger partial charge on any atom is 0.227 e. The lowest BCUT2D eigenvalue weighted by Crippen LogP contribution is -2.39. The smallest absolute Gasteiger partial charge is 0.227 e. The molecule has 0 heterocycles. The highest BCUT2D eigenvalue weighted by molar-refractivity contribution is 5.79. The molecule has 0 spiro atoms. The lowest BCUT2D eigenvalue weighted by molar-refractivity contribution is -0.136. The van der Waals surface area contributed by atoms with Crippen LogP contribution in [0.5, 0.6) is 0 Å². The number of nitrogens with zero attached hydrogens (tertiary/aromatic N) is 1. The van der Waals surface area contributed by atoms with Gasteiger partial charge >= 0.3 is 0 Å². The molecule has 1 aromatic carbocycles. The van der Waals surface area contributed by atoms with E-state index in [0.717, 1.165) is 18.9 Å². The predicted octanol–water partition coefficient (Wildman–Crippen LogP) is 2.31. The number of hydrogen-bond donors (Lipinski definition) is 1. The Hall–Kier alpha value is -1.49. The highest BCUT2D eigenvalue weighted by Crippen LogP contribution is 2.30. The summed E-state index contributed by atoms with van der Waals surface area (Å²) in [5.41, 5.74) is 0.364. The van der Waals surface area contributed by atoms with Gasteiger partial charge in [-0.15, -0.1) is 0 Å². The second-order valence-electron chi connectivity index (χ2n) is 5.39. The number of halogens is 2. The summed E-state index contributed by atoms with van der Waals surface area (Å²) < 4.78 is 26.6. The van der Waals surface area contributed by atoms with Gasteiger partial charge in [-0.05, 0) is 26.0 Å². The summed E-state index contributed by atoms with van der Waals surface area (Å²) in [7, 11) is 1.80. The van der Waals surface area contributed by atoms with Gasteiger partial charge in [0.2, 0.25) is 5.91 Å². The lowest BCUT2D eigenvalue weighted by atomic mass is 10.1. The van der Waals surface area contributed by atoms with E-state index >= 15 is 0 Å². The van der Waals surface area contributed by atoms with Crippen molar-refractivity contribution in [2.24, 2.45) is 5.92 Å². The van der Waals surface area contributed by atoms with Crippen LogP contribution in [-0.2, 0) is 11.3 Å². The first kappa shape index (κ1) is 14.9. The van der Waals surface area contributed by atoms with E-state index in [-0.39, 0.29) is 24.4 Å². The first-order valence-electron chi connectivity index (χ1n) is 6.92. The Bertz CT molecular complexity index is 489. The average Bonchev–Trinajstić information content (AvgIpc) is 3.22. The van der Waals surface area contributed by atoms with Gasteiger partial charge in [-0.3, -0.25) is 4.79 Å². The molecule has 0 aliphatic heterocycles. The Morgan fingerprint density at radius 2 is 2.15 bits per heavy atom. The van der Waals surface area contributed by atoms with Crippen molar-refractivity contribution in [3.05, 3.63) is 35.4 Å². The molecule has 110 valence electrons. The predicted molar refractivity (Wildman–Crippen MR) is 73.0 cm³/mol. The summed E-state index contributed by atoms with van der Waals surface area (Å²) in [5.74, 6) is -1.32. The van der Waals surface area contributed by atoms with Crippen molar-refractivity contribution in [1.29, 1.82) is 0 Å². The SMILES string of the molecule is CNCC(C)C(=O)N(Cc1ccc(F)cc1F)C1CC1. The van der Waals surface area contributed by atoms with Crippen LogP contribution >= 0.6 is 0 Å². The molecule has 1 amide bonds. The molecule has 1 unspecified atom stereocenters. The molecule has 3 nitrogen and oxygen atoms in total. The zero-order chi connectivity index (χ0) is 14.7. The van der Waals surface area contributed by atoms with Gasteiger partial charge in [0.15, 0.2) is 0 Å². The van der Waals surface area contributed by atoms with Crippen molar-refractivity contribution in [2.75, 3.05) is 13.6 Å². The van der Waals surface area contributed by atoms with E-state index in [2.05, 4.69) is 5.32 Å². The Kier molecular flexibility index (Phi) is 4.70. The van der Waals surface area contributed by atoms with Crippen LogP contribution in [0.3, 0.4) is 0 Å². The van der Waals surface area contributed by atoms with E-state index in [1.54, 1.807) is 11.9 Å². The molecule has 1 N–H and O–H groups in total. The molecule has 2 rings (SSSR count). The van der Waals surface area contributed by atoms with Crippen molar-refractivity contribution in [2.45, 2.75) is 32.4 Å². The number of rotatable bonds is 6. The van der Waals surface area contributed by atoms with Crippen LogP contribution < -0.4 is 5.32 Å². The van der Waals surface area contributed by atoms with Crippen molar-refractivity contribution in [3.8, 4) is 0 Å². The molecule has 0 aromatic heterocycles. The van der Waals surface area contributed by atoms with Gasteiger partial charge in [-0.1, -0.05) is 13.0 Å². The van der Waals surface area contributed by atoms with Gasteiger partial charge in [-0.25, -0.2) is 8.78 Å². The Morgan fingerprint density at radius 1 is 1.45 bits per heavy atom. The van der Waals surface area contributed by atoms with Crippen LogP contribution in [0.1, 0.15) is 25.3 Å². The third-order valence-corrected chi connectivity index (χ3v) is 3.56. The molecule has 1 aromatic rings. The van der Waals surface area contributed by atoms with Crippen LogP contribution in [0.2, 0.25) is 0 Å². The maximum atomic E-state index is 13.7. The molecule has 1 saturated carbocycles. The summed E-state index contributed by atoms with van der Waals surface area (Å²) >= 11 is 0. The normalized spacial score (nSPS) is 16.0. The van der Waals surface area contributed by atoms with Crippen LogP contribution in [-0.4, -0.2) is 30.4 Å². The van der Waals surface area contributed by atoms with E-state index in [4.69, 9.17) is 0 Å².